The number of aromatic amines is 1. The maximum absolute atomic E-state index is 10.9. The van der Waals surface area contributed by atoms with Gasteiger partial charge in [-0.3, -0.25) is 9.59 Å². The Hall–Kier alpha value is -1.65. The van der Waals surface area contributed by atoms with Crippen LogP contribution in [0.3, 0.4) is 0 Å². The van der Waals surface area contributed by atoms with E-state index >= 15 is 0 Å². The molecule has 0 saturated heterocycles. The van der Waals surface area contributed by atoms with Gasteiger partial charge >= 0.3 is 0 Å². The van der Waals surface area contributed by atoms with Crippen LogP contribution in [-0.2, 0) is 0 Å². The zero-order valence-electron chi connectivity index (χ0n) is 5.92. The van der Waals surface area contributed by atoms with Crippen molar-refractivity contribution in [1.29, 1.82) is 0 Å². The molecule has 0 aliphatic carbocycles. The third-order valence-electron chi connectivity index (χ3n) is 1.15. The molecule has 58 valence electrons. The molecular formula is C6H7N3O2. The fourth-order valence-electron chi connectivity index (χ4n) is 0.645. The standard InChI is InChI=1S/C6H7N3O2/c1-7-6(11)4-2-5(10)9-8-3-4/h2-3H,1H3,(H,7,11)(H,9,10). The Labute approximate surface area is 62.4 Å². The van der Waals surface area contributed by atoms with Gasteiger partial charge in [-0.2, -0.15) is 5.10 Å². The van der Waals surface area contributed by atoms with Gasteiger partial charge < -0.3 is 5.32 Å². The number of rotatable bonds is 1. The van der Waals surface area contributed by atoms with Gasteiger partial charge in [0.25, 0.3) is 11.5 Å². The summed E-state index contributed by atoms with van der Waals surface area (Å²) in [6.45, 7) is 0. The minimum Gasteiger partial charge on any atom is -0.355 e. The summed E-state index contributed by atoms with van der Waals surface area (Å²) in [5, 5.41) is 8.00. The Morgan fingerprint density at radius 3 is 3.00 bits per heavy atom. The van der Waals surface area contributed by atoms with E-state index in [9.17, 15) is 9.59 Å². The molecule has 0 spiro atoms. The molecule has 5 heteroatoms. The lowest BCUT2D eigenvalue weighted by Gasteiger charge is -1.95. The molecule has 1 amide bonds. The van der Waals surface area contributed by atoms with Crippen LogP contribution in [0.25, 0.3) is 0 Å². The highest BCUT2D eigenvalue weighted by molar-refractivity contribution is 5.93. The number of carbonyl (C=O) groups excluding carboxylic acids is 1. The van der Waals surface area contributed by atoms with Gasteiger partial charge in [-0.1, -0.05) is 0 Å². The lowest BCUT2D eigenvalue weighted by atomic mass is 10.3. The van der Waals surface area contributed by atoms with Crippen molar-refractivity contribution >= 4 is 5.91 Å². The predicted octanol–water partition coefficient (Wildman–Crippen LogP) is -0.871. The highest BCUT2D eigenvalue weighted by atomic mass is 16.2. The van der Waals surface area contributed by atoms with Crippen molar-refractivity contribution in [3.8, 4) is 0 Å². The van der Waals surface area contributed by atoms with Gasteiger partial charge in [-0.25, -0.2) is 5.10 Å². The third kappa shape index (κ3) is 1.64. The lowest BCUT2D eigenvalue weighted by molar-refractivity contribution is 0.0962. The number of hydrogen-bond donors (Lipinski definition) is 2. The van der Waals surface area contributed by atoms with Gasteiger partial charge in [0, 0.05) is 13.1 Å². The summed E-state index contributed by atoms with van der Waals surface area (Å²) in [5.41, 5.74) is -0.123. The molecule has 0 aliphatic rings. The summed E-state index contributed by atoms with van der Waals surface area (Å²) in [7, 11) is 1.49. The number of hydrogen-bond acceptors (Lipinski definition) is 3. The summed E-state index contributed by atoms with van der Waals surface area (Å²) < 4.78 is 0. The van der Waals surface area contributed by atoms with Gasteiger partial charge in [0.15, 0.2) is 0 Å². The number of aromatic nitrogens is 2. The molecule has 0 radical (unpaired) electrons. The molecule has 0 aromatic carbocycles. The van der Waals surface area contributed by atoms with E-state index in [4.69, 9.17) is 0 Å². The molecule has 0 unspecified atom stereocenters. The van der Waals surface area contributed by atoms with E-state index in [1.807, 2.05) is 0 Å². The van der Waals surface area contributed by atoms with Crippen LogP contribution in [0.2, 0.25) is 0 Å². The molecule has 0 aliphatic heterocycles. The van der Waals surface area contributed by atoms with E-state index in [0.717, 1.165) is 0 Å². The summed E-state index contributed by atoms with van der Waals surface area (Å²) in [6.07, 6.45) is 1.29. The number of H-pyrrole nitrogens is 1. The Morgan fingerprint density at radius 2 is 2.45 bits per heavy atom. The summed E-state index contributed by atoms with van der Waals surface area (Å²) in [4.78, 5) is 21.5. The molecule has 1 aromatic heterocycles. The molecular weight excluding hydrogens is 146 g/mol. The molecule has 11 heavy (non-hydrogen) atoms. The zero-order valence-corrected chi connectivity index (χ0v) is 5.92. The first-order valence-corrected chi connectivity index (χ1v) is 3.01. The molecule has 0 fully saturated rings. The lowest BCUT2D eigenvalue weighted by Crippen LogP contribution is -2.20. The van der Waals surface area contributed by atoms with Crippen LogP contribution >= 0.6 is 0 Å². The van der Waals surface area contributed by atoms with Crippen LogP contribution in [0.1, 0.15) is 10.4 Å². The fraction of sp³-hybridized carbons (Fsp3) is 0.167. The molecule has 1 heterocycles. The van der Waals surface area contributed by atoms with Crippen molar-refractivity contribution in [3.05, 3.63) is 28.2 Å². The SMILES string of the molecule is CNC(=O)c1cn[nH]c(=O)c1. The van der Waals surface area contributed by atoms with Crippen LogP contribution in [-0.4, -0.2) is 23.2 Å². The minimum atomic E-state index is -0.383. The average molecular weight is 153 g/mol. The molecule has 0 saturated carbocycles. The second-order valence-corrected chi connectivity index (χ2v) is 1.91. The highest BCUT2D eigenvalue weighted by Crippen LogP contribution is 1.88. The van der Waals surface area contributed by atoms with E-state index in [0.29, 0.717) is 0 Å². The minimum absolute atomic E-state index is 0.260. The Balaban J connectivity index is 3.05. The zero-order chi connectivity index (χ0) is 8.27. The topological polar surface area (TPSA) is 74.8 Å². The molecule has 0 bridgehead atoms. The van der Waals surface area contributed by atoms with Crippen LogP contribution in [0.4, 0.5) is 0 Å². The van der Waals surface area contributed by atoms with Crippen LogP contribution in [0, 0.1) is 0 Å². The van der Waals surface area contributed by atoms with E-state index < -0.39 is 0 Å². The van der Waals surface area contributed by atoms with Crippen molar-refractivity contribution in [2.24, 2.45) is 0 Å². The predicted molar refractivity (Wildman–Crippen MR) is 38.2 cm³/mol. The van der Waals surface area contributed by atoms with Crippen molar-refractivity contribution in [1.82, 2.24) is 15.5 Å². The van der Waals surface area contributed by atoms with E-state index in [1.54, 1.807) is 0 Å². The largest absolute Gasteiger partial charge is 0.355 e. The van der Waals surface area contributed by atoms with Crippen LogP contribution in [0.15, 0.2) is 17.1 Å². The smallest absolute Gasteiger partial charge is 0.264 e. The first-order chi connectivity index (χ1) is 5.24. The quantitative estimate of drug-likeness (QED) is 0.550. The van der Waals surface area contributed by atoms with Gasteiger partial charge in [0.1, 0.15) is 0 Å². The van der Waals surface area contributed by atoms with E-state index in [-0.39, 0.29) is 17.0 Å². The fourth-order valence-corrected chi connectivity index (χ4v) is 0.645. The van der Waals surface area contributed by atoms with E-state index in [1.165, 1.54) is 19.3 Å². The summed E-state index contributed by atoms with van der Waals surface area (Å²) in [5.74, 6) is -0.316. The second-order valence-electron chi connectivity index (χ2n) is 1.91. The Bertz CT molecular complexity index is 318. The van der Waals surface area contributed by atoms with Crippen molar-refractivity contribution in [2.75, 3.05) is 7.05 Å². The van der Waals surface area contributed by atoms with E-state index in [2.05, 4.69) is 15.5 Å². The Morgan fingerprint density at radius 1 is 1.73 bits per heavy atom. The summed E-state index contributed by atoms with van der Waals surface area (Å²) in [6, 6.07) is 1.19. The average Bonchev–Trinajstić information content (AvgIpc) is 2.03. The molecule has 1 rings (SSSR count). The number of nitrogens with one attached hydrogen (secondary N) is 2. The molecule has 1 aromatic rings. The first-order valence-electron chi connectivity index (χ1n) is 3.01. The second kappa shape index (κ2) is 2.96. The van der Waals surface area contributed by atoms with Crippen molar-refractivity contribution in [3.63, 3.8) is 0 Å². The van der Waals surface area contributed by atoms with Gasteiger partial charge in [0.05, 0.1) is 11.8 Å². The molecule has 0 atom stereocenters. The third-order valence-corrected chi connectivity index (χ3v) is 1.15. The number of carbonyl (C=O) groups is 1. The van der Waals surface area contributed by atoms with Crippen molar-refractivity contribution in [2.45, 2.75) is 0 Å². The van der Waals surface area contributed by atoms with Gasteiger partial charge in [-0.05, 0) is 0 Å². The summed E-state index contributed by atoms with van der Waals surface area (Å²) >= 11 is 0. The van der Waals surface area contributed by atoms with Crippen LogP contribution < -0.4 is 10.9 Å². The highest BCUT2D eigenvalue weighted by Gasteiger charge is 2.01. The molecule has 2 N–H and O–H groups in total. The van der Waals surface area contributed by atoms with Crippen molar-refractivity contribution < 1.29 is 4.79 Å². The van der Waals surface area contributed by atoms with Gasteiger partial charge in [0.2, 0.25) is 0 Å². The first kappa shape index (κ1) is 7.46. The maximum Gasteiger partial charge on any atom is 0.264 e. The normalized spacial score (nSPS) is 9.18. The number of nitrogens with zero attached hydrogens (tertiary/aromatic N) is 1. The number of amides is 1. The maximum atomic E-state index is 10.9. The molecule has 5 nitrogen and oxygen atoms in total. The monoisotopic (exact) mass is 153 g/mol. The van der Waals surface area contributed by atoms with Crippen LogP contribution in [0.5, 0.6) is 0 Å². The Kier molecular flexibility index (Phi) is 2.00. The van der Waals surface area contributed by atoms with Gasteiger partial charge in [-0.15, -0.1) is 0 Å².